The molecule has 21 heavy (non-hydrogen) atoms. The van der Waals surface area contributed by atoms with E-state index in [0.717, 1.165) is 0 Å². The van der Waals surface area contributed by atoms with E-state index in [1.165, 1.54) is 22.3 Å². The maximum atomic E-state index is 12.5. The van der Waals surface area contributed by atoms with Gasteiger partial charge in [-0.3, -0.25) is 0 Å². The smallest absolute Gasteiger partial charge is 0.260 e. The molecule has 0 radical (unpaired) electrons. The average Bonchev–Trinajstić information content (AvgIpc) is 2.93. The molecule has 1 aliphatic heterocycles. The number of thioether (sulfide) groups is 1. The van der Waals surface area contributed by atoms with Crippen molar-refractivity contribution in [1.29, 1.82) is 0 Å². The number of hydrogen-bond acceptors (Lipinski definition) is 6. The highest BCUT2D eigenvalue weighted by molar-refractivity contribution is 8.00. The van der Waals surface area contributed by atoms with Crippen molar-refractivity contribution in [2.75, 3.05) is 19.3 Å². The van der Waals surface area contributed by atoms with E-state index >= 15 is 0 Å². The first-order chi connectivity index (χ1) is 9.85. The number of piperidine rings is 1. The highest BCUT2D eigenvalue weighted by Gasteiger charge is 2.41. The Morgan fingerprint density at radius 1 is 1.57 bits per heavy atom. The summed E-state index contributed by atoms with van der Waals surface area (Å²) in [6.07, 6.45) is 4.19. The van der Waals surface area contributed by atoms with Crippen molar-refractivity contribution in [3.8, 4) is 0 Å². The Morgan fingerprint density at radius 2 is 2.19 bits per heavy atom. The van der Waals surface area contributed by atoms with Gasteiger partial charge in [0.05, 0.1) is 10.9 Å². The number of nitrogens with two attached hydrogens (primary N) is 1. The van der Waals surface area contributed by atoms with Gasteiger partial charge in [-0.05, 0) is 26.0 Å². The number of nitrogens with zero attached hydrogens (tertiary/aromatic N) is 3. The number of oxime groups is 1. The molecule has 1 aliphatic rings. The molecule has 0 aliphatic carbocycles. The molecule has 2 heterocycles. The van der Waals surface area contributed by atoms with E-state index in [2.05, 4.69) is 15.1 Å². The Morgan fingerprint density at radius 3 is 2.62 bits per heavy atom. The molecule has 118 valence electrons. The number of H-pyrrole nitrogens is 1. The Balaban J connectivity index is 2.17. The van der Waals surface area contributed by atoms with Gasteiger partial charge < -0.3 is 15.9 Å². The molecule has 0 saturated carbocycles. The number of hydrogen-bond donors (Lipinski definition) is 3. The molecule has 0 atom stereocenters. The zero-order valence-corrected chi connectivity index (χ0v) is 13.5. The topological polar surface area (TPSA) is 125 Å². The number of imidazole rings is 1. The van der Waals surface area contributed by atoms with Crippen LogP contribution in [0.2, 0.25) is 0 Å². The number of sulfonamides is 1. The predicted octanol–water partition coefficient (Wildman–Crippen LogP) is 0.351. The molecule has 4 N–H and O–H groups in total. The Labute approximate surface area is 127 Å². The highest BCUT2D eigenvalue weighted by Crippen LogP contribution is 2.36. The molecule has 10 heteroatoms. The van der Waals surface area contributed by atoms with E-state index in [0.29, 0.717) is 31.8 Å². The van der Waals surface area contributed by atoms with Crippen LogP contribution in [-0.2, 0) is 10.0 Å². The zero-order valence-electron chi connectivity index (χ0n) is 11.9. The average molecular weight is 333 g/mol. The molecule has 0 unspecified atom stereocenters. The Kier molecular flexibility index (Phi) is 4.49. The van der Waals surface area contributed by atoms with Gasteiger partial charge in [0.25, 0.3) is 10.0 Å². The van der Waals surface area contributed by atoms with Crippen molar-refractivity contribution in [3.63, 3.8) is 0 Å². The van der Waals surface area contributed by atoms with Crippen molar-refractivity contribution in [2.45, 2.75) is 29.5 Å². The van der Waals surface area contributed by atoms with Gasteiger partial charge in [0.15, 0.2) is 10.9 Å². The van der Waals surface area contributed by atoms with Crippen LogP contribution >= 0.6 is 11.8 Å². The summed E-state index contributed by atoms with van der Waals surface area (Å²) in [6, 6.07) is 0. The number of aromatic amines is 1. The van der Waals surface area contributed by atoms with Crippen LogP contribution in [0, 0.1) is 6.92 Å². The summed E-state index contributed by atoms with van der Waals surface area (Å²) in [6.45, 7) is 2.33. The van der Waals surface area contributed by atoms with Gasteiger partial charge in [-0.15, -0.1) is 0 Å². The van der Waals surface area contributed by atoms with E-state index in [9.17, 15) is 8.42 Å². The van der Waals surface area contributed by atoms with Gasteiger partial charge >= 0.3 is 0 Å². The maximum Gasteiger partial charge on any atom is 0.260 e. The summed E-state index contributed by atoms with van der Waals surface area (Å²) in [5, 5.41) is 12.1. The largest absolute Gasteiger partial charge is 0.409 e. The van der Waals surface area contributed by atoms with Crippen LogP contribution in [0.1, 0.15) is 18.7 Å². The lowest BCUT2D eigenvalue weighted by Crippen LogP contribution is -2.51. The lowest BCUT2D eigenvalue weighted by atomic mass is 9.96. The minimum Gasteiger partial charge on any atom is -0.409 e. The number of nitrogens with one attached hydrogen (secondary N) is 1. The van der Waals surface area contributed by atoms with Gasteiger partial charge in [0.2, 0.25) is 0 Å². The van der Waals surface area contributed by atoms with E-state index < -0.39 is 14.8 Å². The summed E-state index contributed by atoms with van der Waals surface area (Å²) in [5.41, 5.74) is 5.76. The third kappa shape index (κ3) is 2.87. The molecule has 2 rings (SSSR count). The van der Waals surface area contributed by atoms with Crippen LogP contribution in [0.5, 0.6) is 0 Å². The summed E-state index contributed by atoms with van der Waals surface area (Å²) < 4.78 is 25.8. The summed E-state index contributed by atoms with van der Waals surface area (Å²) in [7, 11) is -3.57. The fourth-order valence-corrected chi connectivity index (χ4v) is 4.66. The molecule has 0 amide bonds. The number of amidine groups is 1. The number of aromatic nitrogens is 2. The van der Waals surface area contributed by atoms with Crippen LogP contribution in [0.3, 0.4) is 0 Å². The minimum absolute atomic E-state index is 0.0976. The van der Waals surface area contributed by atoms with Gasteiger partial charge in [-0.1, -0.05) is 5.16 Å². The van der Waals surface area contributed by atoms with E-state index in [-0.39, 0.29) is 10.9 Å². The molecule has 1 aromatic heterocycles. The summed E-state index contributed by atoms with van der Waals surface area (Å²) in [4.78, 5) is 6.67. The van der Waals surface area contributed by atoms with Gasteiger partial charge in [0, 0.05) is 13.1 Å². The van der Waals surface area contributed by atoms with E-state index in [4.69, 9.17) is 10.9 Å². The first-order valence-corrected chi connectivity index (χ1v) is 9.07. The minimum atomic E-state index is -3.57. The third-order valence-corrected chi connectivity index (χ3v) is 7.00. The molecule has 0 bridgehead atoms. The Hall–Kier alpha value is -1.26. The van der Waals surface area contributed by atoms with Crippen LogP contribution in [0.4, 0.5) is 0 Å². The zero-order chi connectivity index (χ0) is 15.7. The van der Waals surface area contributed by atoms with Crippen molar-refractivity contribution in [3.05, 3.63) is 12.0 Å². The van der Waals surface area contributed by atoms with Crippen molar-refractivity contribution in [1.82, 2.24) is 14.3 Å². The molecular weight excluding hydrogens is 314 g/mol. The van der Waals surface area contributed by atoms with E-state index in [1.807, 2.05) is 6.26 Å². The molecule has 0 spiro atoms. The predicted molar refractivity (Wildman–Crippen MR) is 81.0 cm³/mol. The standard InChI is InChI=1S/C11H19N5O3S2/c1-8-13-7-9(14-8)21(18,19)16-5-3-11(20-2,4-6-16)10(12)15-17/h7,17H,3-6H2,1-2H3,(H2,12,15)(H,13,14). The van der Waals surface area contributed by atoms with E-state index in [1.54, 1.807) is 6.92 Å². The van der Waals surface area contributed by atoms with Gasteiger partial charge in [-0.2, -0.15) is 16.1 Å². The number of rotatable bonds is 4. The lowest BCUT2D eigenvalue weighted by Gasteiger charge is -2.38. The molecule has 1 saturated heterocycles. The maximum absolute atomic E-state index is 12.5. The van der Waals surface area contributed by atoms with Gasteiger partial charge in [0.1, 0.15) is 5.82 Å². The molecule has 1 aromatic rings. The quantitative estimate of drug-likeness (QED) is 0.316. The van der Waals surface area contributed by atoms with Crippen LogP contribution < -0.4 is 5.73 Å². The van der Waals surface area contributed by atoms with Crippen molar-refractivity contribution in [2.24, 2.45) is 10.9 Å². The van der Waals surface area contributed by atoms with Crippen LogP contribution in [0.25, 0.3) is 0 Å². The summed E-state index contributed by atoms with van der Waals surface area (Å²) in [5.74, 6) is 0.699. The Bertz CT molecular complexity index is 632. The second-order valence-electron chi connectivity index (χ2n) is 4.92. The fraction of sp³-hybridized carbons (Fsp3) is 0.636. The monoisotopic (exact) mass is 333 g/mol. The molecule has 1 fully saturated rings. The fourth-order valence-electron chi connectivity index (χ4n) is 2.41. The third-order valence-electron chi connectivity index (χ3n) is 3.79. The SMILES string of the molecule is CSC1(C(N)=NO)CCN(S(=O)(=O)c2cnc(C)[nH]2)CC1. The second kappa shape index (κ2) is 5.85. The normalized spacial score (nSPS) is 20.6. The second-order valence-corrected chi connectivity index (χ2v) is 8.02. The number of aryl methyl sites for hydroxylation is 1. The van der Waals surface area contributed by atoms with Crippen LogP contribution in [0.15, 0.2) is 16.4 Å². The first kappa shape index (κ1) is 16.1. The summed E-state index contributed by atoms with van der Waals surface area (Å²) >= 11 is 1.48. The molecular formula is C11H19N5O3S2. The molecule has 8 nitrogen and oxygen atoms in total. The van der Waals surface area contributed by atoms with Crippen molar-refractivity contribution < 1.29 is 13.6 Å². The van der Waals surface area contributed by atoms with Crippen LogP contribution in [-0.4, -0.2) is 57.8 Å². The molecule has 0 aromatic carbocycles. The van der Waals surface area contributed by atoms with Gasteiger partial charge in [-0.25, -0.2) is 13.4 Å². The van der Waals surface area contributed by atoms with Crippen molar-refractivity contribution >= 4 is 27.6 Å². The first-order valence-electron chi connectivity index (χ1n) is 6.40. The lowest BCUT2D eigenvalue weighted by molar-refractivity contribution is 0.300. The highest BCUT2D eigenvalue weighted by atomic mass is 32.2.